The second kappa shape index (κ2) is 8.24. The van der Waals surface area contributed by atoms with Crippen LogP contribution in [0.15, 0.2) is 58.3 Å². The number of aliphatic hydroxyl groups is 1. The molecule has 0 radical (unpaired) electrons. The van der Waals surface area contributed by atoms with Crippen LogP contribution in [0.3, 0.4) is 0 Å². The molecule has 1 saturated heterocycles. The van der Waals surface area contributed by atoms with Crippen LogP contribution in [0.1, 0.15) is 12.8 Å². The van der Waals surface area contributed by atoms with Gasteiger partial charge in [-0.1, -0.05) is 36.0 Å². The Morgan fingerprint density at radius 3 is 2.04 bits per heavy atom. The van der Waals surface area contributed by atoms with E-state index < -0.39 is 23.9 Å². The number of imide groups is 1. The van der Waals surface area contributed by atoms with E-state index in [0.29, 0.717) is 6.54 Å². The van der Waals surface area contributed by atoms with Gasteiger partial charge in [-0.25, -0.2) is 0 Å². The van der Waals surface area contributed by atoms with Crippen molar-refractivity contribution in [3.63, 3.8) is 0 Å². The molecular formula is C19H18N2O5S. The predicted molar refractivity (Wildman–Crippen MR) is 100 cm³/mol. The molecule has 0 saturated carbocycles. The van der Waals surface area contributed by atoms with Crippen molar-refractivity contribution in [1.82, 2.24) is 5.32 Å². The standard InChI is InChI=1S/C15H13NO2S.C4H5NO3/c17-15(18)9-10-16-11-5-1-3-7-13(11)19-14-8-4-2-6-12(14)16;6-2-1-3(7)5-4(2)8/h1-8H,9-10H2,(H,17,18);2,6H,1H2,(H,5,7,8). The summed E-state index contributed by atoms with van der Waals surface area (Å²) in [5.41, 5.74) is 2.18. The maximum atomic E-state index is 10.8. The molecule has 2 aromatic rings. The van der Waals surface area contributed by atoms with Crippen molar-refractivity contribution in [3.8, 4) is 0 Å². The van der Waals surface area contributed by atoms with Crippen molar-refractivity contribution in [1.29, 1.82) is 0 Å². The molecule has 2 aliphatic heterocycles. The maximum Gasteiger partial charge on any atom is 0.305 e. The van der Waals surface area contributed by atoms with E-state index in [2.05, 4.69) is 17.0 Å². The van der Waals surface area contributed by atoms with Gasteiger partial charge in [0.15, 0.2) is 0 Å². The number of carbonyl (C=O) groups excluding carboxylic acids is 2. The lowest BCUT2D eigenvalue weighted by Gasteiger charge is -2.32. The lowest BCUT2D eigenvalue weighted by atomic mass is 10.2. The van der Waals surface area contributed by atoms with Gasteiger partial charge in [0.2, 0.25) is 5.91 Å². The van der Waals surface area contributed by atoms with E-state index in [9.17, 15) is 14.4 Å². The van der Waals surface area contributed by atoms with Crippen LogP contribution in [-0.2, 0) is 14.4 Å². The number of carboxylic acids is 1. The van der Waals surface area contributed by atoms with Crippen molar-refractivity contribution < 1.29 is 24.6 Å². The average Bonchev–Trinajstić information content (AvgIpc) is 2.94. The summed E-state index contributed by atoms with van der Waals surface area (Å²) < 4.78 is 0. The van der Waals surface area contributed by atoms with Crippen molar-refractivity contribution >= 4 is 40.9 Å². The molecule has 4 rings (SSSR count). The highest BCUT2D eigenvalue weighted by atomic mass is 32.2. The van der Waals surface area contributed by atoms with Crippen LogP contribution in [0.5, 0.6) is 0 Å². The first-order valence-electron chi connectivity index (χ1n) is 8.32. The third-order valence-electron chi connectivity index (χ3n) is 4.03. The van der Waals surface area contributed by atoms with Gasteiger partial charge in [-0.15, -0.1) is 0 Å². The molecule has 1 fully saturated rings. The Hall–Kier alpha value is -2.84. The largest absolute Gasteiger partial charge is 0.481 e. The zero-order valence-electron chi connectivity index (χ0n) is 14.3. The van der Waals surface area contributed by atoms with Gasteiger partial charge in [0.25, 0.3) is 5.91 Å². The highest BCUT2D eigenvalue weighted by molar-refractivity contribution is 7.99. The molecule has 3 N–H and O–H groups in total. The minimum Gasteiger partial charge on any atom is -0.481 e. The minimum atomic E-state index is -1.11. The van der Waals surface area contributed by atoms with Gasteiger partial charge in [0, 0.05) is 16.3 Å². The number of carbonyl (C=O) groups is 3. The molecule has 0 spiro atoms. The van der Waals surface area contributed by atoms with Gasteiger partial charge in [-0.3, -0.25) is 19.7 Å². The first-order chi connectivity index (χ1) is 13.0. The number of rotatable bonds is 3. The number of para-hydroxylation sites is 2. The summed E-state index contributed by atoms with van der Waals surface area (Å²) in [6, 6.07) is 16.2. The number of aliphatic hydroxyl groups excluding tert-OH is 1. The number of hydrogen-bond acceptors (Lipinski definition) is 6. The number of hydrogen-bond donors (Lipinski definition) is 3. The molecule has 0 aromatic heterocycles. The zero-order chi connectivity index (χ0) is 19.4. The van der Waals surface area contributed by atoms with E-state index in [-0.39, 0.29) is 12.8 Å². The van der Waals surface area contributed by atoms with Gasteiger partial charge in [-0.2, -0.15) is 0 Å². The van der Waals surface area contributed by atoms with E-state index in [1.807, 2.05) is 41.7 Å². The molecule has 7 nitrogen and oxygen atoms in total. The molecule has 8 heteroatoms. The van der Waals surface area contributed by atoms with Crippen LogP contribution >= 0.6 is 11.8 Å². The van der Waals surface area contributed by atoms with Crippen LogP contribution < -0.4 is 10.2 Å². The number of amides is 2. The fraction of sp³-hybridized carbons (Fsp3) is 0.211. The summed E-state index contributed by atoms with van der Waals surface area (Å²) in [5.74, 6) is -1.76. The monoisotopic (exact) mass is 386 g/mol. The van der Waals surface area contributed by atoms with Crippen LogP contribution in [0.4, 0.5) is 11.4 Å². The Morgan fingerprint density at radius 1 is 1.07 bits per heavy atom. The molecule has 2 aromatic carbocycles. The van der Waals surface area contributed by atoms with E-state index in [1.165, 1.54) is 9.79 Å². The second-order valence-corrected chi connectivity index (χ2v) is 7.05. The molecule has 2 aliphatic rings. The summed E-state index contributed by atoms with van der Waals surface area (Å²) in [6.45, 7) is 0.490. The molecule has 27 heavy (non-hydrogen) atoms. The third-order valence-corrected chi connectivity index (χ3v) is 5.16. The number of nitrogens with zero attached hydrogens (tertiary/aromatic N) is 1. The van der Waals surface area contributed by atoms with Crippen LogP contribution in [0, 0.1) is 0 Å². The lowest BCUT2D eigenvalue weighted by Crippen LogP contribution is -2.24. The summed E-state index contributed by atoms with van der Waals surface area (Å²) >= 11 is 1.73. The molecule has 140 valence electrons. The molecule has 1 atom stereocenters. The van der Waals surface area contributed by atoms with Gasteiger partial charge in [-0.05, 0) is 24.3 Å². The van der Waals surface area contributed by atoms with Gasteiger partial charge < -0.3 is 15.1 Å². The Morgan fingerprint density at radius 2 is 1.63 bits per heavy atom. The number of aliphatic carboxylic acids is 1. The second-order valence-electron chi connectivity index (χ2n) is 5.97. The summed E-state index contributed by atoms with van der Waals surface area (Å²) in [6.07, 6.45) is -1.06. The van der Waals surface area contributed by atoms with Crippen molar-refractivity contribution in [2.45, 2.75) is 28.7 Å². The quantitative estimate of drug-likeness (QED) is 0.694. The van der Waals surface area contributed by atoms with Crippen molar-refractivity contribution in [3.05, 3.63) is 48.5 Å². The Labute approximate surface area is 160 Å². The van der Waals surface area contributed by atoms with Crippen molar-refractivity contribution in [2.75, 3.05) is 11.4 Å². The summed E-state index contributed by atoms with van der Waals surface area (Å²) in [5, 5.41) is 19.4. The minimum absolute atomic E-state index is 0.0845. The first-order valence-corrected chi connectivity index (χ1v) is 9.14. The maximum absolute atomic E-state index is 10.8. The van der Waals surface area contributed by atoms with E-state index in [0.717, 1.165) is 11.4 Å². The number of benzene rings is 2. The highest BCUT2D eigenvalue weighted by Crippen LogP contribution is 2.47. The normalized spacial score (nSPS) is 17.4. The van der Waals surface area contributed by atoms with Gasteiger partial charge >= 0.3 is 5.97 Å². The molecule has 2 heterocycles. The number of nitrogens with one attached hydrogen (secondary N) is 1. The Kier molecular flexibility index (Phi) is 5.78. The lowest BCUT2D eigenvalue weighted by molar-refractivity contribution is -0.136. The smallest absolute Gasteiger partial charge is 0.305 e. The van der Waals surface area contributed by atoms with Crippen molar-refractivity contribution in [2.24, 2.45) is 0 Å². The fourth-order valence-electron chi connectivity index (χ4n) is 2.77. The fourth-order valence-corrected chi connectivity index (χ4v) is 3.87. The van der Waals surface area contributed by atoms with Gasteiger partial charge in [0.1, 0.15) is 6.10 Å². The van der Waals surface area contributed by atoms with Gasteiger partial charge in [0.05, 0.1) is 24.2 Å². The molecule has 0 bridgehead atoms. The van der Waals surface area contributed by atoms with Crippen LogP contribution in [0.25, 0.3) is 0 Å². The summed E-state index contributed by atoms with van der Waals surface area (Å²) in [4.78, 5) is 35.6. The van der Waals surface area contributed by atoms with E-state index >= 15 is 0 Å². The third kappa shape index (κ3) is 4.47. The Bertz CT molecular complexity index is 840. The topological polar surface area (TPSA) is 107 Å². The highest BCUT2D eigenvalue weighted by Gasteiger charge is 2.27. The molecular weight excluding hydrogens is 368 g/mol. The van der Waals surface area contributed by atoms with E-state index in [1.54, 1.807) is 11.8 Å². The average molecular weight is 386 g/mol. The molecule has 0 aliphatic carbocycles. The van der Waals surface area contributed by atoms with Crippen LogP contribution in [-0.4, -0.2) is 40.6 Å². The SMILES string of the molecule is O=C(O)CCN1c2ccccc2Sc2ccccc21.O=C1CC(O)C(=O)N1. The zero-order valence-corrected chi connectivity index (χ0v) is 15.1. The van der Waals surface area contributed by atoms with E-state index in [4.69, 9.17) is 10.2 Å². The predicted octanol–water partition coefficient (Wildman–Crippen LogP) is 2.16. The van der Waals surface area contributed by atoms with Crippen LogP contribution in [0.2, 0.25) is 0 Å². The Balaban J connectivity index is 0.000000221. The number of carboxylic acid groups (broad SMARTS) is 1. The number of fused-ring (bicyclic) bond motifs is 2. The number of anilines is 2. The summed E-state index contributed by atoms with van der Waals surface area (Å²) in [7, 11) is 0. The molecule has 2 amide bonds. The molecule has 1 unspecified atom stereocenters. The first kappa shape index (κ1) is 18.9.